The summed E-state index contributed by atoms with van der Waals surface area (Å²) in [5, 5.41) is 3.34. The molecule has 1 unspecified atom stereocenters. The summed E-state index contributed by atoms with van der Waals surface area (Å²) in [7, 11) is 1.51. The fourth-order valence-electron chi connectivity index (χ4n) is 5.83. The minimum Gasteiger partial charge on any atom is -0.495 e. The molecule has 3 heterocycles. The molecule has 2 saturated heterocycles. The molecule has 6 rings (SSSR count). The van der Waals surface area contributed by atoms with Gasteiger partial charge in [0.05, 0.1) is 37.2 Å². The van der Waals surface area contributed by atoms with Crippen molar-refractivity contribution in [2.75, 3.05) is 12.4 Å². The molecule has 0 spiro atoms. The number of amides is 3. The topological polar surface area (TPSA) is 79.0 Å². The monoisotopic (exact) mass is 513 g/mol. The van der Waals surface area contributed by atoms with Crippen molar-refractivity contribution >= 4 is 41.1 Å². The lowest BCUT2D eigenvalue weighted by Crippen LogP contribution is -2.46. The van der Waals surface area contributed by atoms with Gasteiger partial charge in [-0.2, -0.15) is 0 Å². The van der Waals surface area contributed by atoms with Crippen molar-refractivity contribution in [2.24, 2.45) is 11.8 Å². The van der Waals surface area contributed by atoms with E-state index in [1.54, 1.807) is 18.2 Å². The van der Waals surface area contributed by atoms with Gasteiger partial charge in [-0.05, 0) is 41.0 Å². The predicted molar refractivity (Wildman–Crippen MR) is 139 cm³/mol. The zero-order chi connectivity index (χ0) is 25.7. The molecule has 3 amide bonds. The number of hydrogen-bond acceptors (Lipinski definition) is 5. The van der Waals surface area contributed by atoms with Crippen LogP contribution in [0.3, 0.4) is 0 Å². The SMILES string of the molecule is COc1ccc(Cl)cc1NC(=O)[C@@H]1[C@@H]2C(=O)N(Cc3ccccc3)C(=O)[C@@H]2C2c3ccccc3C=CN21. The zero-order valence-electron chi connectivity index (χ0n) is 20.0. The molecular formula is C29H24ClN3O4. The Morgan fingerprint density at radius 2 is 1.70 bits per heavy atom. The van der Waals surface area contributed by atoms with Crippen LogP contribution in [0.4, 0.5) is 5.69 Å². The molecule has 3 aliphatic heterocycles. The van der Waals surface area contributed by atoms with Crippen molar-refractivity contribution in [3.8, 4) is 5.75 Å². The molecule has 7 nitrogen and oxygen atoms in total. The van der Waals surface area contributed by atoms with Crippen molar-refractivity contribution in [2.45, 2.75) is 18.6 Å². The summed E-state index contributed by atoms with van der Waals surface area (Å²) in [6, 6.07) is 20.8. The summed E-state index contributed by atoms with van der Waals surface area (Å²) >= 11 is 6.18. The lowest BCUT2D eigenvalue weighted by atomic mass is 9.84. The van der Waals surface area contributed by atoms with Crippen molar-refractivity contribution < 1.29 is 19.1 Å². The molecule has 3 aromatic carbocycles. The lowest BCUT2D eigenvalue weighted by molar-refractivity contribution is -0.143. The van der Waals surface area contributed by atoms with E-state index in [1.807, 2.05) is 71.8 Å². The van der Waals surface area contributed by atoms with Crippen LogP contribution in [0.25, 0.3) is 6.08 Å². The van der Waals surface area contributed by atoms with Gasteiger partial charge in [0.25, 0.3) is 0 Å². The molecule has 0 aromatic heterocycles. The molecule has 0 aliphatic carbocycles. The number of nitrogens with one attached hydrogen (secondary N) is 1. The number of benzene rings is 3. The molecule has 3 aliphatic rings. The average molecular weight is 514 g/mol. The number of anilines is 1. The Kier molecular flexibility index (Phi) is 5.72. The average Bonchev–Trinajstić information content (AvgIpc) is 3.38. The number of nitrogens with zero attached hydrogens (tertiary/aromatic N) is 2. The molecule has 0 saturated carbocycles. The number of imide groups is 1. The first-order valence-electron chi connectivity index (χ1n) is 12.1. The number of ether oxygens (including phenoxy) is 1. The van der Waals surface area contributed by atoms with Crippen LogP contribution in [0.2, 0.25) is 5.02 Å². The maximum atomic E-state index is 13.9. The highest BCUT2D eigenvalue weighted by molar-refractivity contribution is 6.31. The maximum absolute atomic E-state index is 13.9. The first-order valence-corrected chi connectivity index (χ1v) is 12.4. The largest absolute Gasteiger partial charge is 0.495 e. The summed E-state index contributed by atoms with van der Waals surface area (Å²) in [4.78, 5) is 44.7. The van der Waals surface area contributed by atoms with Crippen LogP contribution in [0, 0.1) is 11.8 Å². The van der Waals surface area contributed by atoms with E-state index in [2.05, 4.69) is 5.32 Å². The molecule has 2 fully saturated rings. The van der Waals surface area contributed by atoms with Crippen molar-refractivity contribution in [1.29, 1.82) is 0 Å². The molecule has 1 N–H and O–H groups in total. The fraction of sp³-hybridized carbons (Fsp3) is 0.207. The normalized spacial score (nSPS) is 23.5. The van der Waals surface area contributed by atoms with E-state index in [9.17, 15) is 14.4 Å². The Morgan fingerprint density at radius 1 is 0.973 bits per heavy atom. The molecule has 8 heteroatoms. The Bertz CT molecular complexity index is 1440. The van der Waals surface area contributed by atoms with Gasteiger partial charge < -0.3 is 15.0 Å². The number of rotatable bonds is 5. The highest BCUT2D eigenvalue weighted by Gasteiger charge is 2.64. The second-order valence-electron chi connectivity index (χ2n) is 9.42. The van der Waals surface area contributed by atoms with E-state index in [0.717, 1.165) is 16.7 Å². The summed E-state index contributed by atoms with van der Waals surface area (Å²) in [6.45, 7) is 0.173. The van der Waals surface area contributed by atoms with Crippen molar-refractivity contribution in [3.05, 3.63) is 101 Å². The zero-order valence-corrected chi connectivity index (χ0v) is 20.8. The van der Waals surface area contributed by atoms with Crippen molar-refractivity contribution in [3.63, 3.8) is 0 Å². The van der Waals surface area contributed by atoms with Gasteiger partial charge in [-0.3, -0.25) is 19.3 Å². The number of fused-ring (bicyclic) bond motifs is 5. The van der Waals surface area contributed by atoms with Gasteiger partial charge in [-0.1, -0.05) is 66.2 Å². The van der Waals surface area contributed by atoms with Gasteiger partial charge in [0.1, 0.15) is 11.8 Å². The standard InChI is InChI=1S/C29H24ClN3O4/c1-37-22-12-11-19(30)15-21(22)31-27(34)26-24-23(25-20-10-6-5-9-18(20)13-14-32(25)26)28(35)33(29(24)36)16-17-7-3-2-4-8-17/h2-15,23-26H,16H2,1H3,(H,31,34)/t23-,24+,25?,26-/m0/s1. The maximum Gasteiger partial charge on any atom is 0.248 e. The van der Waals surface area contributed by atoms with Gasteiger partial charge in [0.15, 0.2) is 0 Å². The Labute approximate surface area is 219 Å². The predicted octanol–water partition coefficient (Wildman–Crippen LogP) is 4.50. The molecule has 0 bridgehead atoms. The summed E-state index contributed by atoms with van der Waals surface area (Å²) < 4.78 is 5.40. The molecule has 37 heavy (non-hydrogen) atoms. The van der Waals surface area contributed by atoms with E-state index in [4.69, 9.17) is 16.3 Å². The third-order valence-electron chi connectivity index (χ3n) is 7.42. The number of hydrogen-bond donors (Lipinski definition) is 1. The van der Waals surface area contributed by atoms with Crippen LogP contribution in [0.15, 0.2) is 79.0 Å². The van der Waals surface area contributed by atoms with Crippen LogP contribution in [0.1, 0.15) is 22.7 Å². The van der Waals surface area contributed by atoms with Crippen LogP contribution in [-0.2, 0) is 20.9 Å². The molecule has 186 valence electrons. The quantitative estimate of drug-likeness (QED) is 0.508. The first kappa shape index (κ1) is 23.3. The second-order valence-corrected chi connectivity index (χ2v) is 9.85. The van der Waals surface area contributed by atoms with Crippen LogP contribution >= 0.6 is 11.6 Å². The first-order chi connectivity index (χ1) is 18.0. The smallest absolute Gasteiger partial charge is 0.248 e. The fourth-order valence-corrected chi connectivity index (χ4v) is 6.00. The van der Waals surface area contributed by atoms with Crippen LogP contribution < -0.4 is 10.1 Å². The Balaban J connectivity index is 1.40. The minimum atomic E-state index is -0.888. The van der Waals surface area contributed by atoms with Gasteiger partial charge in [-0.15, -0.1) is 0 Å². The van der Waals surface area contributed by atoms with Gasteiger partial charge in [0.2, 0.25) is 17.7 Å². The number of halogens is 1. The number of methoxy groups -OCH3 is 1. The van der Waals surface area contributed by atoms with Gasteiger partial charge >= 0.3 is 0 Å². The second kappa shape index (κ2) is 9.09. The summed E-state index contributed by atoms with van der Waals surface area (Å²) in [5.41, 5.74) is 3.16. The van der Waals surface area contributed by atoms with E-state index in [1.165, 1.54) is 12.0 Å². The number of carbonyl (C=O) groups excluding carboxylic acids is 3. The van der Waals surface area contributed by atoms with E-state index in [0.29, 0.717) is 16.5 Å². The summed E-state index contributed by atoms with van der Waals surface area (Å²) in [6.07, 6.45) is 3.75. The van der Waals surface area contributed by atoms with Gasteiger partial charge in [-0.25, -0.2) is 0 Å². The lowest BCUT2D eigenvalue weighted by Gasteiger charge is -2.35. The Hall–Kier alpha value is -4.10. The molecule has 0 radical (unpaired) electrons. The molecule has 3 aromatic rings. The number of carbonyl (C=O) groups is 3. The highest BCUT2D eigenvalue weighted by Crippen LogP contribution is 2.53. The van der Waals surface area contributed by atoms with Crippen molar-refractivity contribution in [1.82, 2.24) is 9.80 Å². The van der Waals surface area contributed by atoms with E-state index >= 15 is 0 Å². The third kappa shape index (κ3) is 3.78. The van der Waals surface area contributed by atoms with Gasteiger partial charge in [0, 0.05) is 11.2 Å². The highest BCUT2D eigenvalue weighted by atomic mass is 35.5. The van der Waals surface area contributed by atoms with Crippen LogP contribution in [0.5, 0.6) is 5.75 Å². The Morgan fingerprint density at radius 3 is 2.49 bits per heavy atom. The number of likely N-dealkylation sites (tertiary alicyclic amines) is 1. The van der Waals surface area contributed by atoms with E-state index < -0.39 is 29.8 Å². The summed E-state index contributed by atoms with van der Waals surface area (Å²) in [5.74, 6) is -2.05. The third-order valence-corrected chi connectivity index (χ3v) is 7.66. The molecule has 4 atom stereocenters. The van der Waals surface area contributed by atoms with E-state index in [-0.39, 0.29) is 18.4 Å². The molecular weight excluding hydrogens is 490 g/mol. The minimum absolute atomic E-state index is 0.173. The van der Waals surface area contributed by atoms with Crippen LogP contribution in [-0.4, -0.2) is 40.7 Å².